The number of ether oxygens (including phenoxy) is 1. The molecular formula is C34H32FN5O4. The van der Waals surface area contributed by atoms with Crippen molar-refractivity contribution in [2.75, 3.05) is 6.54 Å². The van der Waals surface area contributed by atoms with E-state index in [2.05, 4.69) is 15.6 Å². The Bertz CT molecular complexity index is 1740. The van der Waals surface area contributed by atoms with Crippen LogP contribution in [-0.2, 0) is 11.8 Å². The molecule has 2 aromatic heterocycles. The molecule has 0 bridgehead atoms. The van der Waals surface area contributed by atoms with Crippen LogP contribution in [0.3, 0.4) is 0 Å². The minimum absolute atomic E-state index is 0.0570. The van der Waals surface area contributed by atoms with Crippen LogP contribution in [0.1, 0.15) is 41.0 Å². The van der Waals surface area contributed by atoms with Crippen LogP contribution in [0.25, 0.3) is 11.3 Å². The Hall–Kier alpha value is -5.51. The van der Waals surface area contributed by atoms with Crippen molar-refractivity contribution in [3.63, 3.8) is 0 Å². The fourth-order valence-electron chi connectivity index (χ4n) is 4.80. The molecule has 5 rings (SSSR count). The molecule has 0 aliphatic carbocycles. The first kappa shape index (κ1) is 30.0. The number of amides is 2. The fraction of sp³-hybridized carbons (Fsp3) is 0.176. The number of aryl methyl sites for hydroxylation is 1. The van der Waals surface area contributed by atoms with Gasteiger partial charge in [-0.1, -0.05) is 25.1 Å². The van der Waals surface area contributed by atoms with Crippen molar-refractivity contribution in [2.45, 2.75) is 25.3 Å². The molecule has 3 aromatic carbocycles. The maximum atomic E-state index is 13.2. The number of benzene rings is 3. The molecule has 9 nitrogen and oxygen atoms in total. The zero-order valence-corrected chi connectivity index (χ0v) is 24.3. The minimum atomic E-state index is -0.610. The number of nitrogens with one attached hydrogen (secondary N) is 2. The maximum absolute atomic E-state index is 13.2. The monoisotopic (exact) mass is 593 g/mol. The third-order valence-electron chi connectivity index (χ3n) is 7.03. The lowest BCUT2D eigenvalue weighted by Crippen LogP contribution is -2.47. The van der Waals surface area contributed by atoms with E-state index >= 15 is 0 Å². The van der Waals surface area contributed by atoms with Gasteiger partial charge in [0.2, 0.25) is 5.91 Å². The summed E-state index contributed by atoms with van der Waals surface area (Å²) in [5, 5.41) is 16.1. The van der Waals surface area contributed by atoms with Gasteiger partial charge in [-0.25, -0.2) is 9.37 Å². The lowest BCUT2D eigenvalue weighted by molar-refractivity contribution is -0.121. The number of para-hydroxylation sites is 1. The smallest absolute Gasteiger partial charge is 0.255 e. The molecule has 2 amide bonds. The van der Waals surface area contributed by atoms with E-state index in [4.69, 9.17) is 9.72 Å². The van der Waals surface area contributed by atoms with E-state index in [1.807, 2.05) is 60.3 Å². The van der Waals surface area contributed by atoms with E-state index in [1.165, 1.54) is 24.3 Å². The number of nitrogens with zero attached hydrogens (tertiary/aromatic N) is 3. The van der Waals surface area contributed by atoms with Gasteiger partial charge in [-0.15, -0.1) is 0 Å². The molecule has 0 radical (unpaired) electrons. The van der Waals surface area contributed by atoms with Gasteiger partial charge < -0.3 is 25.0 Å². The molecule has 3 N–H and O–H groups in total. The molecule has 44 heavy (non-hydrogen) atoms. The Morgan fingerprint density at radius 3 is 2.30 bits per heavy atom. The number of aromatic hydroxyl groups is 1. The highest BCUT2D eigenvalue weighted by Gasteiger charge is 2.30. The highest BCUT2D eigenvalue weighted by atomic mass is 19.1. The highest BCUT2D eigenvalue weighted by molar-refractivity contribution is 5.96. The summed E-state index contributed by atoms with van der Waals surface area (Å²) in [5.74, 6) is -0.542. The molecule has 0 fully saturated rings. The molecule has 0 saturated carbocycles. The number of phenols is 1. The van der Waals surface area contributed by atoms with E-state index in [0.717, 1.165) is 5.56 Å². The van der Waals surface area contributed by atoms with E-state index in [9.17, 15) is 19.1 Å². The van der Waals surface area contributed by atoms with Gasteiger partial charge in [0.25, 0.3) is 5.91 Å². The number of carbonyl (C=O) groups is 2. The minimum Gasteiger partial charge on any atom is -0.507 e. The van der Waals surface area contributed by atoms with Crippen molar-refractivity contribution >= 4 is 11.8 Å². The van der Waals surface area contributed by atoms with Crippen molar-refractivity contribution in [2.24, 2.45) is 7.05 Å². The van der Waals surface area contributed by atoms with E-state index in [1.54, 1.807) is 37.5 Å². The SMILES string of the molecule is CCC(=O)NC(CNC(=O)c1ccccc1O)C(c1cn(C)cn1)c1cccc(-c2ccc(Oc3ccc(F)cc3)cc2)n1. The summed E-state index contributed by atoms with van der Waals surface area (Å²) in [4.78, 5) is 35.2. The average Bonchev–Trinajstić information content (AvgIpc) is 3.46. The van der Waals surface area contributed by atoms with Crippen LogP contribution in [0.4, 0.5) is 4.39 Å². The second-order valence-electron chi connectivity index (χ2n) is 10.2. The fourth-order valence-corrected chi connectivity index (χ4v) is 4.80. The topological polar surface area (TPSA) is 118 Å². The molecule has 2 unspecified atom stereocenters. The first-order valence-electron chi connectivity index (χ1n) is 14.1. The summed E-state index contributed by atoms with van der Waals surface area (Å²) in [6, 6.07) is 24.5. The molecule has 0 saturated heterocycles. The van der Waals surface area contributed by atoms with E-state index < -0.39 is 17.9 Å². The summed E-state index contributed by atoms with van der Waals surface area (Å²) in [6.07, 6.45) is 3.78. The third kappa shape index (κ3) is 7.27. The van der Waals surface area contributed by atoms with Crippen molar-refractivity contribution < 1.29 is 23.8 Å². The van der Waals surface area contributed by atoms with Gasteiger partial charge >= 0.3 is 0 Å². The molecule has 10 heteroatoms. The molecule has 0 aliphatic heterocycles. The Morgan fingerprint density at radius 2 is 1.64 bits per heavy atom. The predicted molar refractivity (Wildman–Crippen MR) is 164 cm³/mol. The normalized spacial score (nSPS) is 12.2. The Labute approximate surface area is 254 Å². The third-order valence-corrected chi connectivity index (χ3v) is 7.03. The average molecular weight is 594 g/mol. The van der Waals surface area contributed by atoms with Gasteiger partial charge in [0.15, 0.2) is 0 Å². The summed E-state index contributed by atoms with van der Waals surface area (Å²) in [5.41, 5.74) is 2.97. The molecule has 224 valence electrons. The van der Waals surface area contributed by atoms with E-state index in [0.29, 0.717) is 28.6 Å². The van der Waals surface area contributed by atoms with Gasteiger partial charge in [-0.2, -0.15) is 0 Å². The predicted octanol–water partition coefficient (Wildman–Crippen LogP) is 5.58. The van der Waals surface area contributed by atoms with Gasteiger partial charge in [0.05, 0.1) is 40.9 Å². The maximum Gasteiger partial charge on any atom is 0.255 e. The van der Waals surface area contributed by atoms with Gasteiger partial charge in [0.1, 0.15) is 23.1 Å². The van der Waals surface area contributed by atoms with Crippen LogP contribution in [0.5, 0.6) is 17.2 Å². The first-order valence-corrected chi connectivity index (χ1v) is 14.1. The number of rotatable bonds is 11. The zero-order chi connectivity index (χ0) is 31.1. The Kier molecular flexibility index (Phi) is 9.29. The van der Waals surface area contributed by atoms with Gasteiger partial charge in [-0.05, 0) is 72.8 Å². The van der Waals surface area contributed by atoms with Crippen molar-refractivity contribution in [3.8, 4) is 28.5 Å². The lowest BCUT2D eigenvalue weighted by atomic mass is 9.91. The summed E-state index contributed by atoms with van der Waals surface area (Å²) >= 11 is 0. The molecule has 2 atom stereocenters. The van der Waals surface area contributed by atoms with Crippen LogP contribution in [0.15, 0.2) is 104 Å². The summed E-state index contributed by atoms with van der Waals surface area (Å²) in [6.45, 7) is 1.81. The molecule has 0 spiro atoms. The number of carbonyl (C=O) groups excluding carboxylic acids is 2. The van der Waals surface area contributed by atoms with Crippen LogP contribution in [-0.4, -0.2) is 44.0 Å². The molecular weight excluding hydrogens is 561 g/mol. The molecule has 0 aliphatic rings. The van der Waals surface area contributed by atoms with Gasteiger partial charge in [0, 0.05) is 31.8 Å². The number of phenolic OH excluding ortho intramolecular Hbond substituents is 1. The number of aromatic nitrogens is 3. The second-order valence-corrected chi connectivity index (χ2v) is 10.2. The molecule has 2 heterocycles. The summed E-state index contributed by atoms with van der Waals surface area (Å²) in [7, 11) is 1.85. The second kappa shape index (κ2) is 13.6. The van der Waals surface area contributed by atoms with Crippen LogP contribution >= 0.6 is 0 Å². The van der Waals surface area contributed by atoms with Crippen LogP contribution < -0.4 is 15.4 Å². The quantitative estimate of drug-likeness (QED) is 0.184. The zero-order valence-electron chi connectivity index (χ0n) is 24.3. The Balaban J connectivity index is 1.44. The Morgan fingerprint density at radius 1 is 0.932 bits per heavy atom. The standard InChI is InChI=1S/C34H32FN5O4/c1-3-32(42)39-29(19-36-34(43)26-7-4-5-10-31(26)41)33(30-20-40(2)21-37-30)28-9-6-8-27(38-28)22-11-15-24(16-12-22)44-25-17-13-23(35)14-18-25/h4-18,20-21,29,33,41H,3,19H2,1-2H3,(H,36,43)(H,39,42). The number of hydrogen-bond donors (Lipinski definition) is 3. The summed E-state index contributed by atoms with van der Waals surface area (Å²) < 4.78 is 20.9. The number of pyridine rings is 1. The van der Waals surface area contributed by atoms with Crippen LogP contribution in [0, 0.1) is 5.82 Å². The molecule has 5 aromatic rings. The largest absolute Gasteiger partial charge is 0.507 e. The first-order chi connectivity index (χ1) is 21.3. The van der Waals surface area contributed by atoms with Crippen molar-refractivity contribution in [1.82, 2.24) is 25.2 Å². The number of imidazole rings is 1. The van der Waals surface area contributed by atoms with E-state index in [-0.39, 0.29) is 36.0 Å². The number of hydrogen-bond acceptors (Lipinski definition) is 6. The highest BCUT2D eigenvalue weighted by Crippen LogP contribution is 2.30. The number of halogens is 1. The lowest BCUT2D eigenvalue weighted by Gasteiger charge is -2.27. The van der Waals surface area contributed by atoms with Crippen molar-refractivity contribution in [3.05, 3.63) is 126 Å². The van der Waals surface area contributed by atoms with Crippen LogP contribution in [0.2, 0.25) is 0 Å². The van der Waals surface area contributed by atoms with Crippen molar-refractivity contribution in [1.29, 1.82) is 0 Å². The van der Waals surface area contributed by atoms with Gasteiger partial charge in [-0.3, -0.25) is 14.6 Å².